The molecule has 0 heterocycles. The Morgan fingerprint density at radius 2 is 2.15 bits per heavy atom. The molecular formula is C12H14N2O5S. The number of benzene rings is 1. The number of esters is 1. The number of nitrogens with one attached hydrogen (secondary N) is 1. The van der Waals surface area contributed by atoms with Crippen molar-refractivity contribution in [1.29, 1.82) is 0 Å². The van der Waals surface area contributed by atoms with E-state index in [4.69, 9.17) is 4.74 Å². The first-order valence-corrected chi connectivity index (χ1v) is 6.96. The number of nitro groups is 1. The lowest BCUT2D eigenvalue weighted by Gasteiger charge is -2.05. The van der Waals surface area contributed by atoms with Crippen molar-refractivity contribution in [2.24, 2.45) is 0 Å². The average Bonchev–Trinajstić information content (AvgIpc) is 2.39. The van der Waals surface area contributed by atoms with Crippen LogP contribution in [-0.2, 0) is 14.3 Å². The number of non-ortho nitro benzene ring substituents is 1. The van der Waals surface area contributed by atoms with Crippen LogP contribution >= 0.6 is 11.8 Å². The van der Waals surface area contributed by atoms with Crippen LogP contribution in [-0.4, -0.2) is 34.9 Å². The van der Waals surface area contributed by atoms with Gasteiger partial charge >= 0.3 is 5.97 Å². The molecule has 0 saturated carbocycles. The largest absolute Gasteiger partial charge is 0.465 e. The van der Waals surface area contributed by atoms with Gasteiger partial charge in [-0.3, -0.25) is 19.7 Å². The smallest absolute Gasteiger partial charge is 0.315 e. The molecule has 0 fully saturated rings. The predicted octanol–water partition coefficient (Wildman–Crippen LogP) is 1.83. The molecule has 0 spiro atoms. The third-order valence-corrected chi connectivity index (χ3v) is 3.01. The van der Waals surface area contributed by atoms with Crippen molar-refractivity contribution in [2.45, 2.75) is 6.92 Å². The van der Waals surface area contributed by atoms with Crippen LogP contribution in [0.15, 0.2) is 24.3 Å². The molecule has 20 heavy (non-hydrogen) atoms. The number of rotatable bonds is 7. The summed E-state index contributed by atoms with van der Waals surface area (Å²) in [7, 11) is 0. The van der Waals surface area contributed by atoms with Gasteiger partial charge in [-0.1, -0.05) is 6.07 Å². The number of ether oxygens (including phenoxy) is 1. The Morgan fingerprint density at radius 3 is 2.80 bits per heavy atom. The summed E-state index contributed by atoms with van der Waals surface area (Å²) < 4.78 is 4.72. The van der Waals surface area contributed by atoms with Gasteiger partial charge in [0.1, 0.15) is 0 Å². The summed E-state index contributed by atoms with van der Waals surface area (Å²) in [5.74, 6) is -0.544. The molecule has 8 heteroatoms. The van der Waals surface area contributed by atoms with Crippen molar-refractivity contribution in [3.63, 3.8) is 0 Å². The van der Waals surface area contributed by atoms with Crippen molar-refractivity contribution in [3.05, 3.63) is 34.4 Å². The fourth-order valence-electron chi connectivity index (χ4n) is 1.32. The third kappa shape index (κ3) is 5.70. The lowest BCUT2D eigenvalue weighted by atomic mass is 10.3. The van der Waals surface area contributed by atoms with E-state index < -0.39 is 4.92 Å². The maximum atomic E-state index is 11.6. The van der Waals surface area contributed by atoms with Gasteiger partial charge in [-0.2, -0.15) is 0 Å². The molecule has 0 aliphatic heterocycles. The summed E-state index contributed by atoms with van der Waals surface area (Å²) in [6, 6.07) is 5.65. The number of nitro benzene ring substituents is 1. The SMILES string of the molecule is CCOC(=O)CSCC(=O)Nc1cccc([N+](=O)[O-])c1. The fourth-order valence-corrected chi connectivity index (χ4v) is 1.93. The second kappa shape index (κ2) is 8.16. The van der Waals surface area contributed by atoms with E-state index in [1.54, 1.807) is 13.0 Å². The molecule has 0 atom stereocenters. The molecule has 1 aromatic carbocycles. The minimum absolute atomic E-state index is 0.0709. The predicted molar refractivity (Wildman–Crippen MR) is 75.7 cm³/mol. The van der Waals surface area contributed by atoms with Crippen molar-refractivity contribution >= 4 is 35.0 Å². The van der Waals surface area contributed by atoms with Crippen LogP contribution in [0.3, 0.4) is 0 Å². The van der Waals surface area contributed by atoms with E-state index in [2.05, 4.69) is 5.32 Å². The Kier molecular flexibility index (Phi) is 6.51. The van der Waals surface area contributed by atoms with E-state index in [-0.39, 0.29) is 29.1 Å². The highest BCUT2D eigenvalue weighted by Crippen LogP contribution is 2.17. The molecule has 108 valence electrons. The zero-order chi connectivity index (χ0) is 15.0. The van der Waals surface area contributed by atoms with E-state index in [1.165, 1.54) is 18.2 Å². The lowest BCUT2D eigenvalue weighted by molar-refractivity contribution is -0.384. The Morgan fingerprint density at radius 1 is 1.40 bits per heavy atom. The number of hydrogen-bond acceptors (Lipinski definition) is 6. The van der Waals surface area contributed by atoms with Gasteiger partial charge in [0, 0.05) is 17.8 Å². The molecular weight excluding hydrogens is 284 g/mol. The maximum Gasteiger partial charge on any atom is 0.315 e. The van der Waals surface area contributed by atoms with E-state index >= 15 is 0 Å². The van der Waals surface area contributed by atoms with Crippen LogP contribution in [0, 0.1) is 10.1 Å². The first-order chi connectivity index (χ1) is 9.52. The van der Waals surface area contributed by atoms with E-state index in [1.807, 2.05) is 0 Å². The van der Waals surface area contributed by atoms with Gasteiger partial charge < -0.3 is 10.1 Å². The van der Waals surface area contributed by atoms with Crippen LogP contribution in [0.2, 0.25) is 0 Å². The standard InChI is InChI=1S/C12H14N2O5S/c1-2-19-12(16)8-20-7-11(15)13-9-4-3-5-10(6-9)14(17)18/h3-6H,2,7-8H2,1H3,(H,13,15). The molecule has 1 amide bonds. The van der Waals surface area contributed by atoms with Crippen LogP contribution < -0.4 is 5.32 Å². The Balaban J connectivity index is 2.41. The Bertz CT molecular complexity index is 506. The van der Waals surface area contributed by atoms with E-state index in [0.717, 1.165) is 11.8 Å². The first kappa shape index (κ1) is 16.0. The first-order valence-electron chi connectivity index (χ1n) is 5.80. The van der Waals surface area contributed by atoms with Crippen molar-refractivity contribution in [2.75, 3.05) is 23.4 Å². The average molecular weight is 298 g/mol. The van der Waals surface area contributed by atoms with Crippen LogP contribution in [0.4, 0.5) is 11.4 Å². The minimum atomic E-state index is -0.537. The highest BCUT2D eigenvalue weighted by molar-refractivity contribution is 8.00. The quantitative estimate of drug-likeness (QED) is 0.468. The summed E-state index contributed by atoms with van der Waals surface area (Å²) >= 11 is 1.12. The molecule has 1 rings (SSSR count). The van der Waals surface area contributed by atoms with Gasteiger partial charge in [-0.15, -0.1) is 11.8 Å². The number of amides is 1. The van der Waals surface area contributed by atoms with Gasteiger partial charge in [0.2, 0.25) is 5.91 Å². The summed E-state index contributed by atoms with van der Waals surface area (Å²) in [6.45, 7) is 2.01. The fraction of sp³-hybridized carbons (Fsp3) is 0.333. The molecule has 0 aliphatic rings. The number of hydrogen-bond donors (Lipinski definition) is 1. The molecule has 1 N–H and O–H groups in total. The monoisotopic (exact) mass is 298 g/mol. The van der Waals surface area contributed by atoms with Gasteiger partial charge in [0.15, 0.2) is 0 Å². The zero-order valence-electron chi connectivity index (χ0n) is 10.8. The number of thioether (sulfide) groups is 1. The highest BCUT2D eigenvalue weighted by Gasteiger charge is 2.09. The molecule has 0 bridgehead atoms. The summed E-state index contributed by atoms with van der Waals surface area (Å²) in [6.07, 6.45) is 0. The lowest BCUT2D eigenvalue weighted by Crippen LogP contribution is -2.16. The summed E-state index contributed by atoms with van der Waals surface area (Å²) in [5, 5.41) is 13.1. The van der Waals surface area contributed by atoms with Gasteiger partial charge in [-0.05, 0) is 13.0 Å². The van der Waals surface area contributed by atoms with Crippen molar-refractivity contribution in [1.82, 2.24) is 0 Å². The van der Waals surface area contributed by atoms with Crippen LogP contribution in [0.1, 0.15) is 6.92 Å². The number of nitrogens with zero attached hydrogens (tertiary/aromatic N) is 1. The molecule has 0 aromatic heterocycles. The van der Waals surface area contributed by atoms with Gasteiger partial charge in [0.05, 0.1) is 23.0 Å². The molecule has 0 saturated heterocycles. The highest BCUT2D eigenvalue weighted by atomic mass is 32.2. The van der Waals surface area contributed by atoms with E-state index in [9.17, 15) is 19.7 Å². The summed E-state index contributed by atoms with van der Waals surface area (Å²) in [5.41, 5.74) is 0.253. The minimum Gasteiger partial charge on any atom is -0.465 e. The Labute approximate surface area is 119 Å². The topological polar surface area (TPSA) is 98.5 Å². The molecule has 0 unspecified atom stereocenters. The van der Waals surface area contributed by atoms with E-state index in [0.29, 0.717) is 12.3 Å². The normalized spacial score (nSPS) is 9.85. The van der Waals surface area contributed by atoms with Crippen LogP contribution in [0.5, 0.6) is 0 Å². The van der Waals surface area contributed by atoms with Crippen molar-refractivity contribution in [3.8, 4) is 0 Å². The Hall–Kier alpha value is -2.09. The second-order valence-electron chi connectivity index (χ2n) is 3.65. The number of anilines is 1. The van der Waals surface area contributed by atoms with Crippen LogP contribution in [0.25, 0.3) is 0 Å². The molecule has 0 aliphatic carbocycles. The molecule has 0 radical (unpaired) electrons. The second-order valence-corrected chi connectivity index (χ2v) is 4.64. The maximum absolute atomic E-state index is 11.6. The zero-order valence-corrected chi connectivity index (χ0v) is 11.6. The van der Waals surface area contributed by atoms with Gasteiger partial charge in [0.25, 0.3) is 5.69 Å². The van der Waals surface area contributed by atoms with Crippen molar-refractivity contribution < 1.29 is 19.2 Å². The number of carbonyl (C=O) groups is 2. The molecule has 7 nitrogen and oxygen atoms in total. The van der Waals surface area contributed by atoms with Gasteiger partial charge in [-0.25, -0.2) is 0 Å². The third-order valence-electron chi connectivity index (χ3n) is 2.10. The number of carbonyl (C=O) groups excluding carboxylic acids is 2. The molecule has 1 aromatic rings. The summed E-state index contributed by atoms with van der Waals surface area (Å²) in [4.78, 5) is 32.7.